The molecule has 0 saturated carbocycles. The number of aromatic nitrogens is 2. The minimum Gasteiger partial charge on any atom is -0.453 e. The summed E-state index contributed by atoms with van der Waals surface area (Å²) in [6.45, 7) is 0. The van der Waals surface area contributed by atoms with Crippen molar-refractivity contribution in [3.8, 4) is 0 Å². The minimum atomic E-state index is -0.571. The van der Waals surface area contributed by atoms with Crippen LogP contribution < -0.4 is 10.6 Å². The molecule has 0 radical (unpaired) electrons. The summed E-state index contributed by atoms with van der Waals surface area (Å²) < 4.78 is 4.48. The Bertz CT molecular complexity index is 580. The van der Waals surface area contributed by atoms with E-state index < -0.39 is 6.09 Å². The fourth-order valence-electron chi connectivity index (χ4n) is 1.42. The molecule has 0 aliphatic rings. The van der Waals surface area contributed by atoms with E-state index in [1.807, 2.05) is 0 Å². The Hall–Kier alpha value is -2.83. The van der Waals surface area contributed by atoms with Crippen molar-refractivity contribution in [1.29, 1.82) is 0 Å². The molecule has 98 valence electrons. The Balaban J connectivity index is 2.07. The number of hydrogen-bond donors (Lipinski definition) is 3. The number of carbonyl (C=O) groups is 2. The molecule has 0 aliphatic carbocycles. The van der Waals surface area contributed by atoms with Gasteiger partial charge in [-0.3, -0.25) is 15.2 Å². The number of methoxy groups -OCH3 is 1. The molecule has 0 fully saturated rings. The van der Waals surface area contributed by atoms with Gasteiger partial charge in [0.05, 0.1) is 18.9 Å². The average Bonchev–Trinajstić information content (AvgIpc) is 2.93. The smallest absolute Gasteiger partial charge is 0.411 e. The maximum Gasteiger partial charge on any atom is 0.411 e. The maximum atomic E-state index is 11.8. The first-order valence-corrected chi connectivity index (χ1v) is 5.44. The third kappa shape index (κ3) is 3.32. The molecule has 0 saturated heterocycles. The summed E-state index contributed by atoms with van der Waals surface area (Å²) in [4.78, 5) is 22.9. The van der Waals surface area contributed by atoms with Crippen LogP contribution in [0, 0.1) is 0 Å². The number of benzene rings is 1. The zero-order chi connectivity index (χ0) is 13.7. The highest BCUT2D eigenvalue weighted by Crippen LogP contribution is 2.16. The Labute approximate surface area is 109 Å². The zero-order valence-corrected chi connectivity index (χ0v) is 10.1. The molecule has 1 aromatic heterocycles. The van der Waals surface area contributed by atoms with E-state index in [1.165, 1.54) is 19.5 Å². The van der Waals surface area contributed by atoms with Crippen LogP contribution in [0.3, 0.4) is 0 Å². The van der Waals surface area contributed by atoms with Crippen molar-refractivity contribution in [2.45, 2.75) is 0 Å². The van der Waals surface area contributed by atoms with E-state index in [2.05, 4.69) is 25.6 Å². The normalized spacial score (nSPS) is 9.74. The number of anilines is 2. The van der Waals surface area contributed by atoms with E-state index in [9.17, 15) is 9.59 Å². The number of hydrogen-bond acceptors (Lipinski definition) is 4. The maximum absolute atomic E-state index is 11.8. The van der Waals surface area contributed by atoms with E-state index in [1.54, 1.807) is 24.3 Å². The third-order valence-electron chi connectivity index (χ3n) is 2.31. The van der Waals surface area contributed by atoms with Crippen LogP contribution in [0.15, 0.2) is 36.7 Å². The van der Waals surface area contributed by atoms with Crippen molar-refractivity contribution >= 4 is 23.4 Å². The largest absolute Gasteiger partial charge is 0.453 e. The molecule has 2 aromatic rings. The third-order valence-corrected chi connectivity index (χ3v) is 2.31. The summed E-state index contributed by atoms with van der Waals surface area (Å²) in [6, 6.07) is 6.72. The highest BCUT2D eigenvalue weighted by molar-refractivity contribution is 6.04. The summed E-state index contributed by atoms with van der Waals surface area (Å²) in [5.41, 5.74) is 1.50. The predicted octanol–water partition coefficient (Wildman–Crippen LogP) is 1.84. The molecule has 2 amide bonds. The Kier molecular flexibility index (Phi) is 3.77. The van der Waals surface area contributed by atoms with E-state index in [4.69, 9.17) is 0 Å². The number of nitrogens with one attached hydrogen (secondary N) is 3. The zero-order valence-electron chi connectivity index (χ0n) is 10.1. The van der Waals surface area contributed by atoms with Gasteiger partial charge in [-0.15, -0.1) is 0 Å². The van der Waals surface area contributed by atoms with Gasteiger partial charge in [0, 0.05) is 17.6 Å². The molecule has 19 heavy (non-hydrogen) atoms. The molecule has 0 atom stereocenters. The van der Waals surface area contributed by atoms with Crippen LogP contribution in [0.5, 0.6) is 0 Å². The lowest BCUT2D eigenvalue weighted by Crippen LogP contribution is -2.13. The first-order valence-electron chi connectivity index (χ1n) is 5.44. The van der Waals surface area contributed by atoms with Gasteiger partial charge in [0.25, 0.3) is 5.91 Å². The molecule has 7 nitrogen and oxygen atoms in total. The molecular formula is C12H12N4O3. The molecule has 0 unspecified atom stereocenters. The lowest BCUT2D eigenvalue weighted by atomic mass is 10.2. The number of H-pyrrole nitrogens is 1. The highest BCUT2D eigenvalue weighted by atomic mass is 16.5. The van der Waals surface area contributed by atoms with E-state index in [0.29, 0.717) is 16.9 Å². The van der Waals surface area contributed by atoms with E-state index in [0.717, 1.165) is 0 Å². The molecule has 1 aromatic carbocycles. The average molecular weight is 260 g/mol. The van der Waals surface area contributed by atoms with Crippen LogP contribution in [0.4, 0.5) is 16.2 Å². The van der Waals surface area contributed by atoms with Crippen LogP contribution in [0.2, 0.25) is 0 Å². The molecule has 2 rings (SSSR count). The van der Waals surface area contributed by atoms with Crippen molar-refractivity contribution in [3.63, 3.8) is 0 Å². The van der Waals surface area contributed by atoms with Gasteiger partial charge in [-0.05, 0) is 18.2 Å². The van der Waals surface area contributed by atoms with Crippen molar-refractivity contribution in [2.75, 3.05) is 17.7 Å². The van der Waals surface area contributed by atoms with Crippen molar-refractivity contribution in [1.82, 2.24) is 10.2 Å². The van der Waals surface area contributed by atoms with Crippen molar-refractivity contribution in [3.05, 3.63) is 42.2 Å². The molecule has 0 bridgehead atoms. The second-order valence-corrected chi connectivity index (χ2v) is 3.64. The summed E-state index contributed by atoms with van der Waals surface area (Å²) in [5.74, 6) is -0.288. The predicted molar refractivity (Wildman–Crippen MR) is 69.0 cm³/mol. The van der Waals surface area contributed by atoms with Crippen LogP contribution in [-0.2, 0) is 4.74 Å². The second kappa shape index (κ2) is 5.67. The first-order chi connectivity index (χ1) is 9.19. The number of rotatable bonds is 3. The molecule has 0 aliphatic heterocycles. The molecule has 0 spiro atoms. The minimum absolute atomic E-state index is 0.288. The van der Waals surface area contributed by atoms with Crippen molar-refractivity contribution in [2.24, 2.45) is 0 Å². The van der Waals surface area contributed by atoms with Gasteiger partial charge >= 0.3 is 6.09 Å². The van der Waals surface area contributed by atoms with Gasteiger partial charge in [0.2, 0.25) is 0 Å². The Morgan fingerprint density at radius 3 is 2.63 bits per heavy atom. The SMILES string of the molecule is COC(=O)Nc1cccc(NC(=O)c2cn[nH]c2)c1. The van der Waals surface area contributed by atoms with Gasteiger partial charge in [-0.1, -0.05) is 6.07 Å². The van der Waals surface area contributed by atoms with Gasteiger partial charge < -0.3 is 10.1 Å². The number of amides is 2. The molecular weight excluding hydrogens is 248 g/mol. The summed E-state index contributed by atoms with van der Waals surface area (Å²) in [7, 11) is 1.28. The second-order valence-electron chi connectivity index (χ2n) is 3.64. The van der Waals surface area contributed by atoms with E-state index >= 15 is 0 Å². The summed E-state index contributed by atoms with van der Waals surface area (Å²) in [6.07, 6.45) is 2.34. The van der Waals surface area contributed by atoms with Crippen LogP contribution in [0.1, 0.15) is 10.4 Å². The first kappa shape index (κ1) is 12.6. The number of nitrogens with zero attached hydrogens (tertiary/aromatic N) is 1. The lowest BCUT2D eigenvalue weighted by molar-refractivity contribution is 0.102. The quantitative estimate of drug-likeness (QED) is 0.784. The topological polar surface area (TPSA) is 96.1 Å². The van der Waals surface area contributed by atoms with Crippen LogP contribution in [-0.4, -0.2) is 29.3 Å². The van der Waals surface area contributed by atoms with Gasteiger partial charge in [-0.25, -0.2) is 4.79 Å². The summed E-state index contributed by atoms with van der Waals surface area (Å²) in [5, 5.41) is 11.4. The Morgan fingerprint density at radius 2 is 2.00 bits per heavy atom. The standard InChI is InChI=1S/C12H12N4O3/c1-19-12(18)16-10-4-2-3-9(5-10)15-11(17)8-6-13-14-7-8/h2-7H,1H3,(H,13,14)(H,15,17)(H,16,18). The van der Waals surface area contributed by atoms with Gasteiger partial charge in [0.15, 0.2) is 0 Å². The Morgan fingerprint density at radius 1 is 1.26 bits per heavy atom. The molecule has 7 heteroatoms. The number of ether oxygens (including phenoxy) is 1. The number of carbonyl (C=O) groups excluding carboxylic acids is 2. The fraction of sp³-hybridized carbons (Fsp3) is 0.0833. The van der Waals surface area contributed by atoms with Gasteiger partial charge in [0.1, 0.15) is 0 Å². The van der Waals surface area contributed by atoms with Gasteiger partial charge in [-0.2, -0.15) is 5.10 Å². The summed E-state index contributed by atoms with van der Waals surface area (Å²) >= 11 is 0. The number of aromatic amines is 1. The molecule has 1 heterocycles. The fourth-order valence-corrected chi connectivity index (χ4v) is 1.42. The van der Waals surface area contributed by atoms with Crippen molar-refractivity contribution < 1.29 is 14.3 Å². The van der Waals surface area contributed by atoms with Crippen LogP contribution >= 0.6 is 0 Å². The highest BCUT2D eigenvalue weighted by Gasteiger charge is 2.07. The van der Waals surface area contributed by atoms with E-state index in [-0.39, 0.29) is 5.91 Å². The lowest BCUT2D eigenvalue weighted by Gasteiger charge is -2.07. The van der Waals surface area contributed by atoms with Crippen LogP contribution in [0.25, 0.3) is 0 Å². The monoisotopic (exact) mass is 260 g/mol. The molecule has 3 N–H and O–H groups in total.